The molecule has 0 aromatic heterocycles. The first-order valence-corrected chi connectivity index (χ1v) is 6.77. The Kier molecular flexibility index (Phi) is 6.18. The van der Waals surface area contributed by atoms with Gasteiger partial charge in [0, 0.05) is 12.2 Å². The highest BCUT2D eigenvalue weighted by molar-refractivity contribution is 5.95. The van der Waals surface area contributed by atoms with Crippen molar-refractivity contribution < 1.29 is 14.3 Å². The van der Waals surface area contributed by atoms with Gasteiger partial charge in [-0.05, 0) is 31.0 Å². The largest absolute Gasteiger partial charge is 0.462 e. The second-order valence-corrected chi connectivity index (χ2v) is 4.88. The van der Waals surface area contributed by atoms with Gasteiger partial charge in [-0.1, -0.05) is 19.9 Å². The number of nitrogens with one attached hydrogen (secondary N) is 1. The summed E-state index contributed by atoms with van der Waals surface area (Å²) in [5, 5.41) is 2.78. The van der Waals surface area contributed by atoms with Crippen molar-refractivity contribution in [2.45, 2.75) is 20.8 Å². The Bertz CT molecular complexity index is 472. The minimum absolute atomic E-state index is 0.136. The number of nitrogens with two attached hydrogens (primary N) is 1. The van der Waals surface area contributed by atoms with E-state index in [1.165, 1.54) is 0 Å². The average molecular weight is 278 g/mol. The molecule has 1 aromatic rings. The highest BCUT2D eigenvalue weighted by Gasteiger charge is 2.20. The summed E-state index contributed by atoms with van der Waals surface area (Å²) >= 11 is 0. The molecular formula is C15H22N2O3. The maximum atomic E-state index is 12.1. The van der Waals surface area contributed by atoms with Gasteiger partial charge in [0.25, 0.3) is 0 Å². The van der Waals surface area contributed by atoms with Crippen LogP contribution in [0, 0.1) is 11.8 Å². The van der Waals surface area contributed by atoms with Gasteiger partial charge >= 0.3 is 5.97 Å². The molecule has 0 aliphatic carbocycles. The third kappa shape index (κ3) is 4.35. The number of esters is 1. The van der Waals surface area contributed by atoms with Crippen molar-refractivity contribution >= 4 is 17.6 Å². The van der Waals surface area contributed by atoms with Gasteiger partial charge in [0.2, 0.25) is 5.91 Å². The predicted molar refractivity (Wildman–Crippen MR) is 78.4 cm³/mol. The summed E-state index contributed by atoms with van der Waals surface area (Å²) in [6.07, 6.45) is 0. The zero-order valence-corrected chi connectivity index (χ0v) is 12.2. The number of benzene rings is 1. The van der Waals surface area contributed by atoms with Crippen LogP contribution in [0.2, 0.25) is 0 Å². The molecule has 110 valence electrons. The molecule has 0 fully saturated rings. The van der Waals surface area contributed by atoms with E-state index in [9.17, 15) is 9.59 Å². The summed E-state index contributed by atoms with van der Waals surface area (Å²) in [6.45, 7) is 6.26. The molecule has 0 saturated heterocycles. The fraction of sp³-hybridized carbons (Fsp3) is 0.467. The zero-order chi connectivity index (χ0) is 15.1. The number of carbonyl (C=O) groups excluding carboxylic acids is 2. The van der Waals surface area contributed by atoms with Crippen LogP contribution >= 0.6 is 0 Å². The van der Waals surface area contributed by atoms with Crippen LogP contribution in [0.1, 0.15) is 31.1 Å². The first-order valence-electron chi connectivity index (χ1n) is 6.77. The van der Waals surface area contributed by atoms with Crippen molar-refractivity contribution in [3.8, 4) is 0 Å². The van der Waals surface area contributed by atoms with Crippen molar-refractivity contribution in [3.05, 3.63) is 29.8 Å². The van der Waals surface area contributed by atoms with Gasteiger partial charge in [0.05, 0.1) is 18.1 Å². The molecule has 1 amide bonds. The molecule has 5 heteroatoms. The second kappa shape index (κ2) is 7.65. The molecule has 0 saturated carbocycles. The second-order valence-electron chi connectivity index (χ2n) is 4.88. The molecule has 5 nitrogen and oxygen atoms in total. The Morgan fingerprint density at radius 1 is 1.35 bits per heavy atom. The normalized spacial score (nSPS) is 12.1. The lowest BCUT2D eigenvalue weighted by Crippen LogP contribution is -2.33. The summed E-state index contributed by atoms with van der Waals surface area (Å²) in [5.74, 6) is -0.624. The van der Waals surface area contributed by atoms with E-state index in [0.717, 1.165) is 0 Å². The fourth-order valence-electron chi connectivity index (χ4n) is 1.86. The molecule has 0 bridgehead atoms. The SMILES string of the molecule is CCOC(=O)c1cccc(NC(=O)C(CN)C(C)C)c1. The minimum Gasteiger partial charge on any atom is -0.462 e. The number of amides is 1. The van der Waals surface area contributed by atoms with E-state index in [4.69, 9.17) is 10.5 Å². The van der Waals surface area contributed by atoms with Crippen LogP contribution in [-0.2, 0) is 9.53 Å². The lowest BCUT2D eigenvalue weighted by Gasteiger charge is -2.18. The summed E-state index contributed by atoms with van der Waals surface area (Å²) in [6, 6.07) is 6.68. The topological polar surface area (TPSA) is 81.4 Å². The van der Waals surface area contributed by atoms with E-state index in [2.05, 4.69) is 5.32 Å². The Morgan fingerprint density at radius 3 is 2.60 bits per heavy atom. The van der Waals surface area contributed by atoms with Crippen molar-refractivity contribution in [1.29, 1.82) is 0 Å². The molecule has 0 aliphatic rings. The maximum absolute atomic E-state index is 12.1. The lowest BCUT2D eigenvalue weighted by atomic mass is 9.95. The molecule has 0 heterocycles. The summed E-state index contributed by atoms with van der Waals surface area (Å²) in [4.78, 5) is 23.7. The van der Waals surface area contributed by atoms with Crippen molar-refractivity contribution in [2.75, 3.05) is 18.5 Å². The molecule has 1 rings (SSSR count). The predicted octanol–water partition coefficient (Wildman–Crippen LogP) is 2.03. The van der Waals surface area contributed by atoms with Crippen LogP contribution in [0.3, 0.4) is 0 Å². The van der Waals surface area contributed by atoms with Gasteiger partial charge in [-0.25, -0.2) is 4.79 Å². The molecule has 1 unspecified atom stereocenters. The van der Waals surface area contributed by atoms with Crippen molar-refractivity contribution in [3.63, 3.8) is 0 Å². The Morgan fingerprint density at radius 2 is 2.05 bits per heavy atom. The molecule has 0 radical (unpaired) electrons. The van der Waals surface area contributed by atoms with Crippen LogP contribution in [0.4, 0.5) is 5.69 Å². The summed E-state index contributed by atoms with van der Waals surface area (Å²) in [7, 11) is 0. The minimum atomic E-state index is -0.400. The third-order valence-corrected chi connectivity index (χ3v) is 3.04. The van der Waals surface area contributed by atoms with Crippen LogP contribution in [0.5, 0.6) is 0 Å². The Balaban J connectivity index is 2.80. The fourth-order valence-corrected chi connectivity index (χ4v) is 1.86. The smallest absolute Gasteiger partial charge is 0.338 e. The highest BCUT2D eigenvalue weighted by Crippen LogP contribution is 2.16. The number of hydrogen-bond donors (Lipinski definition) is 2. The average Bonchev–Trinajstić information content (AvgIpc) is 2.39. The van der Waals surface area contributed by atoms with E-state index < -0.39 is 5.97 Å². The van der Waals surface area contributed by atoms with Gasteiger partial charge in [0.1, 0.15) is 0 Å². The van der Waals surface area contributed by atoms with Crippen LogP contribution in [0.15, 0.2) is 24.3 Å². The van der Waals surface area contributed by atoms with E-state index in [-0.39, 0.29) is 17.7 Å². The number of carbonyl (C=O) groups is 2. The van der Waals surface area contributed by atoms with Gasteiger partial charge in [-0.3, -0.25) is 4.79 Å². The number of anilines is 1. The van der Waals surface area contributed by atoms with Crippen LogP contribution < -0.4 is 11.1 Å². The van der Waals surface area contributed by atoms with E-state index in [1.807, 2.05) is 13.8 Å². The van der Waals surface area contributed by atoms with Gasteiger partial charge in [-0.15, -0.1) is 0 Å². The Hall–Kier alpha value is -1.88. The zero-order valence-electron chi connectivity index (χ0n) is 12.2. The van der Waals surface area contributed by atoms with Crippen molar-refractivity contribution in [1.82, 2.24) is 0 Å². The van der Waals surface area contributed by atoms with Gasteiger partial charge in [0.15, 0.2) is 0 Å². The van der Waals surface area contributed by atoms with E-state index >= 15 is 0 Å². The quantitative estimate of drug-likeness (QED) is 0.780. The first kappa shape index (κ1) is 16.2. The number of ether oxygens (including phenoxy) is 1. The molecule has 1 aromatic carbocycles. The first-order chi connectivity index (χ1) is 9.49. The molecule has 3 N–H and O–H groups in total. The van der Waals surface area contributed by atoms with Gasteiger partial charge < -0.3 is 15.8 Å². The summed E-state index contributed by atoms with van der Waals surface area (Å²) in [5.41, 5.74) is 6.60. The van der Waals surface area contributed by atoms with Gasteiger partial charge in [-0.2, -0.15) is 0 Å². The van der Waals surface area contributed by atoms with Crippen LogP contribution in [0.25, 0.3) is 0 Å². The van der Waals surface area contributed by atoms with E-state index in [1.54, 1.807) is 31.2 Å². The Labute approximate surface area is 119 Å². The molecule has 20 heavy (non-hydrogen) atoms. The number of hydrogen-bond acceptors (Lipinski definition) is 4. The van der Waals surface area contributed by atoms with Crippen LogP contribution in [-0.4, -0.2) is 25.0 Å². The monoisotopic (exact) mass is 278 g/mol. The molecule has 0 spiro atoms. The number of rotatable bonds is 6. The third-order valence-electron chi connectivity index (χ3n) is 3.04. The molecule has 1 atom stereocenters. The van der Waals surface area contributed by atoms with E-state index in [0.29, 0.717) is 24.4 Å². The molecule has 0 aliphatic heterocycles. The highest BCUT2D eigenvalue weighted by atomic mass is 16.5. The lowest BCUT2D eigenvalue weighted by molar-refractivity contribution is -0.120. The molecular weight excluding hydrogens is 256 g/mol. The standard InChI is InChI=1S/C15H22N2O3/c1-4-20-15(19)11-6-5-7-12(8-11)17-14(18)13(9-16)10(2)3/h5-8,10,13H,4,9,16H2,1-3H3,(H,17,18). The maximum Gasteiger partial charge on any atom is 0.338 e. The summed E-state index contributed by atoms with van der Waals surface area (Å²) < 4.78 is 4.92. The van der Waals surface area contributed by atoms with Crippen molar-refractivity contribution in [2.24, 2.45) is 17.6 Å².